The van der Waals surface area contributed by atoms with Gasteiger partial charge >= 0.3 is 0 Å². The lowest BCUT2D eigenvalue weighted by molar-refractivity contribution is 0.195. The average Bonchev–Trinajstić information content (AvgIpc) is 2.81. The van der Waals surface area contributed by atoms with E-state index in [-0.39, 0.29) is 5.82 Å². The number of benzene rings is 1. The Morgan fingerprint density at radius 1 is 1.47 bits per heavy atom. The second-order valence-electron chi connectivity index (χ2n) is 5.37. The molecule has 1 unspecified atom stereocenters. The summed E-state index contributed by atoms with van der Waals surface area (Å²) in [6.45, 7) is 6.56. The van der Waals surface area contributed by atoms with Crippen LogP contribution in [0.2, 0.25) is 0 Å². The van der Waals surface area contributed by atoms with Crippen LogP contribution < -0.4 is 0 Å². The molecule has 1 atom stereocenters. The molecule has 0 spiro atoms. The first kappa shape index (κ1) is 14.9. The van der Waals surface area contributed by atoms with Crippen molar-refractivity contribution < 1.29 is 4.39 Å². The van der Waals surface area contributed by atoms with Crippen molar-refractivity contribution in [1.82, 2.24) is 9.80 Å². The standard InChI is InChI=1S/C15H22BrFN2/c1-3-19-8-4-5-13(19)11-18(2)10-12-6-7-15(17)14(16)9-12/h6-7,9,13H,3-5,8,10-11H2,1-2H3. The third kappa shape index (κ3) is 4.01. The highest BCUT2D eigenvalue weighted by atomic mass is 79.9. The van der Waals surface area contributed by atoms with E-state index in [1.165, 1.54) is 25.5 Å². The fraction of sp³-hybridized carbons (Fsp3) is 0.600. The van der Waals surface area contributed by atoms with Gasteiger partial charge in [0.25, 0.3) is 0 Å². The van der Waals surface area contributed by atoms with Gasteiger partial charge in [-0.3, -0.25) is 4.90 Å². The summed E-state index contributed by atoms with van der Waals surface area (Å²) in [6, 6.07) is 5.95. The maximum Gasteiger partial charge on any atom is 0.137 e. The third-order valence-electron chi connectivity index (χ3n) is 3.86. The van der Waals surface area contributed by atoms with Gasteiger partial charge in [-0.25, -0.2) is 4.39 Å². The summed E-state index contributed by atoms with van der Waals surface area (Å²) in [7, 11) is 2.14. The van der Waals surface area contributed by atoms with Crippen LogP contribution in [-0.2, 0) is 6.54 Å². The molecule has 0 saturated carbocycles. The first-order valence-corrected chi connectivity index (χ1v) is 7.76. The molecule has 0 aromatic heterocycles. The molecule has 1 aliphatic rings. The zero-order chi connectivity index (χ0) is 13.8. The number of nitrogens with zero attached hydrogens (tertiary/aromatic N) is 2. The van der Waals surface area contributed by atoms with E-state index in [2.05, 4.69) is 39.7 Å². The Kier molecular flexibility index (Phi) is 5.37. The van der Waals surface area contributed by atoms with Crippen LogP contribution in [0.25, 0.3) is 0 Å². The van der Waals surface area contributed by atoms with Gasteiger partial charge in [-0.2, -0.15) is 0 Å². The van der Waals surface area contributed by atoms with Crippen molar-refractivity contribution in [2.45, 2.75) is 32.4 Å². The van der Waals surface area contributed by atoms with Crippen LogP contribution in [0.1, 0.15) is 25.3 Å². The van der Waals surface area contributed by atoms with Gasteiger partial charge in [0, 0.05) is 19.1 Å². The lowest BCUT2D eigenvalue weighted by Gasteiger charge is -2.27. The van der Waals surface area contributed by atoms with E-state index in [0.29, 0.717) is 10.5 Å². The monoisotopic (exact) mass is 328 g/mol. The Morgan fingerprint density at radius 2 is 2.26 bits per heavy atom. The van der Waals surface area contributed by atoms with Gasteiger partial charge in [0.15, 0.2) is 0 Å². The summed E-state index contributed by atoms with van der Waals surface area (Å²) in [4.78, 5) is 4.88. The third-order valence-corrected chi connectivity index (χ3v) is 4.47. The Bertz CT molecular complexity index is 425. The number of likely N-dealkylation sites (tertiary alicyclic amines) is 1. The Morgan fingerprint density at radius 3 is 2.95 bits per heavy atom. The van der Waals surface area contributed by atoms with Gasteiger partial charge in [0.1, 0.15) is 5.82 Å². The highest BCUT2D eigenvalue weighted by Crippen LogP contribution is 2.20. The van der Waals surface area contributed by atoms with Gasteiger partial charge in [-0.1, -0.05) is 13.0 Å². The molecule has 1 aromatic rings. The van der Waals surface area contributed by atoms with Crippen molar-refractivity contribution >= 4 is 15.9 Å². The van der Waals surface area contributed by atoms with Gasteiger partial charge in [-0.15, -0.1) is 0 Å². The van der Waals surface area contributed by atoms with Crippen LogP contribution in [0.3, 0.4) is 0 Å². The first-order chi connectivity index (χ1) is 9.10. The zero-order valence-corrected chi connectivity index (χ0v) is 13.3. The molecular weight excluding hydrogens is 307 g/mol. The minimum Gasteiger partial charge on any atom is -0.301 e. The predicted molar refractivity (Wildman–Crippen MR) is 80.7 cm³/mol. The molecule has 1 fully saturated rings. The summed E-state index contributed by atoms with van der Waals surface area (Å²) < 4.78 is 13.7. The van der Waals surface area contributed by atoms with Crippen LogP contribution >= 0.6 is 15.9 Å². The fourth-order valence-electron chi connectivity index (χ4n) is 2.89. The molecule has 1 heterocycles. The minimum atomic E-state index is -0.195. The smallest absolute Gasteiger partial charge is 0.137 e. The van der Waals surface area contributed by atoms with Gasteiger partial charge < -0.3 is 4.90 Å². The van der Waals surface area contributed by atoms with Crippen LogP contribution in [0, 0.1) is 5.82 Å². The fourth-order valence-corrected chi connectivity index (χ4v) is 3.32. The maximum absolute atomic E-state index is 13.2. The average molecular weight is 329 g/mol. The molecule has 0 bridgehead atoms. The molecule has 106 valence electrons. The number of hydrogen-bond donors (Lipinski definition) is 0. The van der Waals surface area contributed by atoms with Gasteiger partial charge in [0.2, 0.25) is 0 Å². The lowest BCUT2D eigenvalue weighted by atomic mass is 10.1. The summed E-state index contributed by atoms with van der Waals surface area (Å²) in [5.74, 6) is -0.195. The summed E-state index contributed by atoms with van der Waals surface area (Å²) in [5, 5.41) is 0. The number of likely N-dealkylation sites (N-methyl/N-ethyl adjacent to an activating group) is 2. The first-order valence-electron chi connectivity index (χ1n) is 6.96. The Balaban J connectivity index is 1.90. The SMILES string of the molecule is CCN1CCCC1CN(C)Cc1ccc(F)c(Br)c1. The Hall–Kier alpha value is -0.450. The van der Waals surface area contributed by atoms with Crippen LogP contribution in [0.4, 0.5) is 4.39 Å². The molecule has 0 aliphatic carbocycles. The van der Waals surface area contributed by atoms with Crippen molar-refractivity contribution in [2.24, 2.45) is 0 Å². The molecule has 2 rings (SSSR count). The highest BCUT2D eigenvalue weighted by Gasteiger charge is 2.23. The van der Waals surface area contributed by atoms with Crippen molar-refractivity contribution in [2.75, 3.05) is 26.7 Å². The molecule has 0 N–H and O–H groups in total. The van der Waals surface area contributed by atoms with Crippen LogP contribution in [0.5, 0.6) is 0 Å². The van der Waals surface area contributed by atoms with Gasteiger partial charge in [-0.05, 0) is 66.6 Å². The number of rotatable bonds is 5. The number of hydrogen-bond acceptors (Lipinski definition) is 2. The van der Waals surface area contributed by atoms with E-state index < -0.39 is 0 Å². The normalized spacial score (nSPS) is 20.4. The molecular formula is C15H22BrFN2. The molecule has 1 aliphatic heterocycles. The van der Waals surface area contributed by atoms with E-state index in [1.807, 2.05) is 12.1 Å². The van der Waals surface area contributed by atoms with E-state index in [1.54, 1.807) is 0 Å². The molecule has 2 nitrogen and oxygen atoms in total. The summed E-state index contributed by atoms with van der Waals surface area (Å²) in [6.07, 6.45) is 2.61. The molecule has 19 heavy (non-hydrogen) atoms. The molecule has 4 heteroatoms. The lowest BCUT2D eigenvalue weighted by Crippen LogP contribution is -2.38. The molecule has 0 amide bonds. The second kappa shape index (κ2) is 6.82. The predicted octanol–water partition coefficient (Wildman–Crippen LogP) is 3.50. The highest BCUT2D eigenvalue weighted by molar-refractivity contribution is 9.10. The topological polar surface area (TPSA) is 6.48 Å². The quantitative estimate of drug-likeness (QED) is 0.816. The van der Waals surface area contributed by atoms with E-state index in [4.69, 9.17) is 0 Å². The second-order valence-corrected chi connectivity index (χ2v) is 6.22. The number of halogens is 2. The van der Waals surface area contributed by atoms with Crippen LogP contribution in [0.15, 0.2) is 22.7 Å². The summed E-state index contributed by atoms with van der Waals surface area (Å²) >= 11 is 3.24. The largest absolute Gasteiger partial charge is 0.301 e. The minimum absolute atomic E-state index is 0.195. The van der Waals surface area contributed by atoms with Crippen molar-refractivity contribution in [3.8, 4) is 0 Å². The van der Waals surface area contributed by atoms with Crippen molar-refractivity contribution in [3.63, 3.8) is 0 Å². The maximum atomic E-state index is 13.2. The van der Waals surface area contributed by atoms with Gasteiger partial charge in [0.05, 0.1) is 4.47 Å². The van der Waals surface area contributed by atoms with E-state index in [9.17, 15) is 4.39 Å². The molecule has 1 aromatic carbocycles. The molecule has 0 radical (unpaired) electrons. The molecule has 1 saturated heterocycles. The zero-order valence-electron chi connectivity index (χ0n) is 11.7. The van der Waals surface area contributed by atoms with Crippen molar-refractivity contribution in [3.05, 3.63) is 34.1 Å². The summed E-state index contributed by atoms with van der Waals surface area (Å²) in [5.41, 5.74) is 1.15. The van der Waals surface area contributed by atoms with Crippen LogP contribution in [-0.4, -0.2) is 42.5 Å². The Labute approximate surface area is 123 Å². The van der Waals surface area contributed by atoms with E-state index >= 15 is 0 Å². The van der Waals surface area contributed by atoms with Crippen molar-refractivity contribution in [1.29, 1.82) is 0 Å². The van der Waals surface area contributed by atoms with E-state index in [0.717, 1.165) is 25.2 Å².